The molecule has 2 fully saturated rings. The van der Waals surface area contributed by atoms with Crippen LogP contribution in [0.1, 0.15) is 46.7 Å². The van der Waals surface area contributed by atoms with E-state index in [-0.39, 0.29) is 0 Å². The first kappa shape index (κ1) is 13.3. The van der Waals surface area contributed by atoms with Gasteiger partial charge in [-0.3, -0.25) is 9.69 Å². The largest absolute Gasteiger partial charge is 0.295 e. The number of likely N-dealkylation sites (tertiary alicyclic amines) is 1. The molecule has 1 saturated heterocycles. The van der Waals surface area contributed by atoms with Gasteiger partial charge in [0.15, 0.2) is 5.78 Å². The fourth-order valence-electron chi connectivity index (χ4n) is 3.69. The van der Waals surface area contributed by atoms with E-state index in [2.05, 4.69) is 11.8 Å². The molecule has 0 amide bonds. The molecular weight excluding hydrogens is 254 g/mol. The first-order chi connectivity index (χ1) is 9.22. The zero-order chi connectivity index (χ0) is 13.2. The molecule has 0 bridgehead atoms. The average Bonchev–Trinajstić information content (AvgIpc) is 2.85. The number of fused-ring (bicyclic) bond motifs is 1. The number of Topliss-reactive ketones (excluding diaryl/α,β-unsaturated/α-hetero) is 1. The number of hydrogen-bond acceptors (Lipinski definition) is 3. The van der Waals surface area contributed by atoms with Crippen molar-refractivity contribution in [3.63, 3.8) is 0 Å². The quantitative estimate of drug-likeness (QED) is 0.784. The molecule has 2 atom stereocenters. The first-order valence-corrected chi connectivity index (χ1v) is 8.36. The molecule has 0 aromatic carbocycles. The van der Waals surface area contributed by atoms with E-state index in [1.54, 1.807) is 11.3 Å². The van der Waals surface area contributed by atoms with Gasteiger partial charge in [0.2, 0.25) is 0 Å². The van der Waals surface area contributed by atoms with E-state index in [1.165, 1.54) is 37.0 Å². The Morgan fingerprint density at radius 1 is 1.26 bits per heavy atom. The Hall–Kier alpha value is -0.670. The van der Waals surface area contributed by atoms with Crippen LogP contribution in [0.2, 0.25) is 0 Å². The first-order valence-electron chi connectivity index (χ1n) is 7.54. The predicted octanol–water partition coefficient (Wildman–Crippen LogP) is 3.75. The van der Waals surface area contributed by atoms with Crippen LogP contribution in [0.3, 0.4) is 0 Å². The van der Waals surface area contributed by atoms with Gasteiger partial charge in [0.1, 0.15) is 0 Å². The van der Waals surface area contributed by atoms with Crippen LogP contribution in [-0.4, -0.2) is 30.3 Å². The highest BCUT2D eigenvalue weighted by Crippen LogP contribution is 2.36. The second kappa shape index (κ2) is 5.76. The summed E-state index contributed by atoms with van der Waals surface area (Å²) in [6.07, 6.45) is 6.94. The van der Waals surface area contributed by atoms with Gasteiger partial charge in [0.25, 0.3) is 0 Å². The van der Waals surface area contributed by atoms with Crippen LogP contribution in [0, 0.1) is 18.8 Å². The number of piperidine rings is 1. The molecule has 2 nitrogen and oxygen atoms in total. The summed E-state index contributed by atoms with van der Waals surface area (Å²) in [6, 6.07) is 4.03. The van der Waals surface area contributed by atoms with Gasteiger partial charge in [-0.25, -0.2) is 0 Å². The van der Waals surface area contributed by atoms with E-state index in [9.17, 15) is 4.79 Å². The summed E-state index contributed by atoms with van der Waals surface area (Å²) in [5.41, 5.74) is 0. The number of carbonyl (C=O) groups is 1. The van der Waals surface area contributed by atoms with Crippen LogP contribution in [0.5, 0.6) is 0 Å². The molecule has 1 aliphatic heterocycles. The van der Waals surface area contributed by atoms with Crippen molar-refractivity contribution in [1.29, 1.82) is 0 Å². The Kier molecular flexibility index (Phi) is 4.04. The van der Waals surface area contributed by atoms with Crippen LogP contribution in [0.15, 0.2) is 12.1 Å². The van der Waals surface area contributed by atoms with Crippen LogP contribution < -0.4 is 0 Å². The van der Waals surface area contributed by atoms with Crippen LogP contribution in [-0.2, 0) is 0 Å². The number of thiophene rings is 1. The molecule has 2 unspecified atom stereocenters. The Bertz CT molecular complexity index is 453. The summed E-state index contributed by atoms with van der Waals surface area (Å²) in [5, 5.41) is 0. The number of nitrogens with zero attached hydrogens (tertiary/aromatic N) is 1. The van der Waals surface area contributed by atoms with Gasteiger partial charge in [0, 0.05) is 11.4 Å². The lowest BCUT2D eigenvalue weighted by molar-refractivity contribution is 0.0715. The zero-order valence-corrected chi connectivity index (χ0v) is 12.5. The van der Waals surface area contributed by atoms with Crippen molar-refractivity contribution in [1.82, 2.24) is 4.90 Å². The third kappa shape index (κ3) is 3.09. The fourth-order valence-corrected chi connectivity index (χ4v) is 4.48. The van der Waals surface area contributed by atoms with Crippen molar-refractivity contribution < 1.29 is 4.79 Å². The third-order valence-electron chi connectivity index (χ3n) is 4.76. The van der Waals surface area contributed by atoms with Gasteiger partial charge >= 0.3 is 0 Å². The molecule has 0 N–H and O–H groups in total. The minimum atomic E-state index is 0.312. The highest BCUT2D eigenvalue weighted by atomic mass is 32.1. The van der Waals surface area contributed by atoms with E-state index in [0.717, 1.165) is 29.8 Å². The number of rotatable bonds is 3. The normalized spacial score (nSPS) is 28.1. The maximum Gasteiger partial charge on any atom is 0.186 e. The van der Waals surface area contributed by atoms with E-state index in [4.69, 9.17) is 0 Å². The summed E-state index contributed by atoms with van der Waals surface area (Å²) in [6.45, 7) is 4.97. The summed E-state index contributed by atoms with van der Waals surface area (Å²) in [5.74, 6) is 2.12. The molecular formula is C16H23NOS. The molecule has 2 aliphatic rings. The molecule has 1 aliphatic carbocycles. The standard InChI is InChI=1S/C16H23NOS/c1-12-6-7-16(19-12)15(18)11-17-9-8-13-4-2-3-5-14(13)10-17/h6-7,13-14H,2-5,8-11H2,1H3. The predicted molar refractivity (Wildman–Crippen MR) is 79.9 cm³/mol. The molecule has 1 aromatic rings. The van der Waals surface area contributed by atoms with Gasteiger partial charge in [-0.15, -0.1) is 11.3 Å². The van der Waals surface area contributed by atoms with Crippen molar-refractivity contribution >= 4 is 17.1 Å². The second-order valence-corrected chi connectivity index (χ2v) is 7.45. The molecule has 1 aromatic heterocycles. The highest BCUT2D eigenvalue weighted by molar-refractivity contribution is 7.14. The molecule has 1 saturated carbocycles. The van der Waals surface area contributed by atoms with Crippen LogP contribution in [0.25, 0.3) is 0 Å². The minimum absolute atomic E-state index is 0.312. The van der Waals surface area contributed by atoms with Gasteiger partial charge in [0.05, 0.1) is 11.4 Å². The Balaban J connectivity index is 1.57. The Morgan fingerprint density at radius 3 is 2.79 bits per heavy atom. The lowest BCUT2D eigenvalue weighted by atomic mass is 9.75. The molecule has 3 heteroatoms. The van der Waals surface area contributed by atoms with E-state index in [1.807, 2.05) is 12.1 Å². The summed E-state index contributed by atoms with van der Waals surface area (Å²) >= 11 is 1.63. The number of aryl methyl sites for hydroxylation is 1. The van der Waals surface area contributed by atoms with Crippen LogP contribution in [0.4, 0.5) is 0 Å². The SMILES string of the molecule is Cc1ccc(C(=O)CN2CCC3CCCCC3C2)s1. The van der Waals surface area contributed by atoms with Crippen LogP contribution >= 0.6 is 11.3 Å². The Labute approximate surface area is 119 Å². The molecule has 104 valence electrons. The zero-order valence-electron chi connectivity index (χ0n) is 11.7. The number of carbonyl (C=O) groups excluding carboxylic acids is 1. The average molecular weight is 277 g/mol. The highest BCUT2D eigenvalue weighted by Gasteiger charge is 2.31. The van der Waals surface area contributed by atoms with Crippen molar-refractivity contribution in [2.45, 2.75) is 39.0 Å². The van der Waals surface area contributed by atoms with Crippen molar-refractivity contribution in [2.24, 2.45) is 11.8 Å². The lowest BCUT2D eigenvalue weighted by Crippen LogP contribution is -2.43. The van der Waals surface area contributed by atoms with Crippen molar-refractivity contribution in [3.8, 4) is 0 Å². The van der Waals surface area contributed by atoms with E-state index in [0.29, 0.717) is 12.3 Å². The number of ketones is 1. The summed E-state index contributed by atoms with van der Waals surface area (Å²) in [7, 11) is 0. The maximum absolute atomic E-state index is 12.3. The van der Waals surface area contributed by atoms with Gasteiger partial charge in [-0.1, -0.05) is 19.3 Å². The van der Waals surface area contributed by atoms with E-state index < -0.39 is 0 Å². The lowest BCUT2D eigenvalue weighted by Gasteiger charge is -2.41. The summed E-state index contributed by atoms with van der Waals surface area (Å²) in [4.78, 5) is 16.8. The third-order valence-corrected chi connectivity index (χ3v) is 5.80. The topological polar surface area (TPSA) is 20.3 Å². The maximum atomic E-state index is 12.3. The second-order valence-electron chi connectivity index (χ2n) is 6.16. The van der Waals surface area contributed by atoms with Crippen molar-refractivity contribution in [3.05, 3.63) is 21.9 Å². The summed E-state index contributed by atoms with van der Waals surface area (Å²) < 4.78 is 0. The monoisotopic (exact) mass is 277 g/mol. The Morgan fingerprint density at radius 2 is 2.05 bits per heavy atom. The van der Waals surface area contributed by atoms with Gasteiger partial charge in [-0.2, -0.15) is 0 Å². The molecule has 3 rings (SSSR count). The fraction of sp³-hybridized carbons (Fsp3) is 0.688. The van der Waals surface area contributed by atoms with E-state index >= 15 is 0 Å². The molecule has 0 spiro atoms. The number of hydrogen-bond donors (Lipinski definition) is 0. The van der Waals surface area contributed by atoms with Gasteiger partial charge < -0.3 is 0 Å². The minimum Gasteiger partial charge on any atom is -0.295 e. The molecule has 2 heterocycles. The van der Waals surface area contributed by atoms with Gasteiger partial charge in [-0.05, 0) is 50.3 Å². The molecule has 19 heavy (non-hydrogen) atoms. The van der Waals surface area contributed by atoms with Crippen molar-refractivity contribution in [2.75, 3.05) is 19.6 Å². The smallest absolute Gasteiger partial charge is 0.186 e. The molecule has 0 radical (unpaired) electrons.